The molecule has 3 heterocycles. The maximum atomic E-state index is 13.5. The van der Waals surface area contributed by atoms with Gasteiger partial charge in [0.1, 0.15) is 11.6 Å². The number of aliphatic hydroxyl groups excluding tert-OH is 1. The number of aromatic amines is 1. The highest BCUT2D eigenvalue weighted by Gasteiger charge is 2.18. The number of imidazole rings is 1. The summed E-state index contributed by atoms with van der Waals surface area (Å²) in [4.78, 5) is 16.4. The van der Waals surface area contributed by atoms with Crippen LogP contribution in [-0.4, -0.2) is 64.3 Å². The molecule has 0 bridgehead atoms. The van der Waals surface area contributed by atoms with Gasteiger partial charge in [0.15, 0.2) is 11.6 Å². The molecule has 2 aromatic heterocycles. The molecule has 0 atom stereocenters. The average Bonchev–Trinajstić information content (AvgIpc) is 3.21. The van der Waals surface area contributed by atoms with Gasteiger partial charge in [-0.15, -0.1) is 0 Å². The maximum absolute atomic E-state index is 13.5. The first kappa shape index (κ1) is 18.5. The first-order chi connectivity index (χ1) is 13.6. The molecule has 0 aliphatic carbocycles. The number of halogens is 2. The fourth-order valence-electron chi connectivity index (χ4n) is 3.36. The second-order valence-electron chi connectivity index (χ2n) is 6.73. The van der Waals surface area contributed by atoms with Crippen LogP contribution in [0.2, 0.25) is 0 Å². The summed E-state index contributed by atoms with van der Waals surface area (Å²) < 4.78 is 26.6. The largest absolute Gasteiger partial charge is 0.395 e. The van der Waals surface area contributed by atoms with Gasteiger partial charge in [-0.1, -0.05) is 0 Å². The lowest BCUT2D eigenvalue weighted by Gasteiger charge is -2.35. The summed E-state index contributed by atoms with van der Waals surface area (Å²) in [6, 6.07) is 7.59. The van der Waals surface area contributed by atoms with Crippen molar-refractivity contribution >= 4 is 5.82 Å². The van der Waals surface area contributed by atoms with Gasteiger partial charge in [0.25, 0.3) is 0 Å². The molecule has 0 unspecified atom stereocenters. The van der Waals surface area contributed by atoms with Crippen LogP contribution in [0.1, 0.15) is 0 Å². The highest BCUT2D eigenvalue weighted by molar-refractivity contribution is 5.66. The van der Waals surface area contributed by atoms with E-state index in [0.717, 1.165) is 49.7 Å². The normalized spacial score (nSPS) is 15.2. The van der Waals surface area contributed by atoms with Crippen molar-refractivity contribution in [1.29, 1.82) is 0 Å². The van der Waals surface area contributed by atoms with Gasteiger partial charge < -0.3 is 15.0 Å². The highest BCUT2D eigenvalue weighted by Crippen LogP contribution is 2.25. The van der Waals surface area contributed by atoms with E-state index in [1.165, 1.54) is 6.07 Å². The highest BCUT2D eigenvalue weighted by atomic mass is 19.2. The van der Waals surface area contributed by atoms with Crippen LogP contribution in [0.5, 0.6) is 0 Å². The summed E-state index contributed by atoms with van der Waals surface area (Å²) in [7, 11) is 0. The smallest absolute Gasteiger partial charge is 0.159 e. The van der Waals surface area contributed by atoms with Crippen molar-refractivity contribution in [3.05, 3.63) is 54.4 Å². The van der Waals surface area contributed by atoms with Crippen molar-refractivity contribution in [2.24, 2.45) is 0 Å². The molecule has 1 aliphatic heterocycles. The molecule has 8 heteroatoms. The average molecular weight is 385 g/mol. The molecule has 1 aromatic carbocycles. The summed E-state index contributed by atoms with van der Waals surface area (Å²) in [6.07, 6.45) is 3.35. The zero-order chi connectivity index (χ0) is 19.5. The Morgan fingerprint density at radius 1 is 0.964 bits per heavy atom. The van der Waals surface area contributed by atoms with Gasteiger partial charge in [0, 0.05) is 50.0 Å². The van der Waals surface area contributed by atoms with Crippen molar-refractivity contribution in [1.82, 2.24) is 19.9 Å². The Morgan fingerprint density at radius 3 is 2.54 bits per heavy atom. The van der Waals surface area contributed by atoms with E-state index in [-0.39, 0.29) is 6.61 Å². The first-order valence-electron chi connectivity index (χ1n) is 9.19. The van der Waals surface area contributed by atoms with Crippen molar-refractivity contribution in [3.8, 4) is 22.6 Å². The van der Waals surface area contributed by atoms with E-state index < -0.39 is 11.6 Å². The molecule has 0 amide bonds. The second kappa shape index (κ2) is 8.04. The summed E-state index contributed by atoms with van der Waals surface area (Å²) in [5, 5.41) is 9.06. The van der Waals surface area contributed by atoms with E-state index in [4.69, 9.17) is 5.11 Å². The second-order valence-corrected chi connectivity index (χ2v) is 6.73. The van der Waals surface area contributed by atoms with Crippen molar-refractivity contribution in [2.45, 2.75) is 0 Å². The number of H-pyrrole nitrogens is 1. The Kier molecular flexibility index (Phi) is 5.31. The topological polar surface area (TPSA) is 68.3 Å². The van der Waals surface area contributed by atoms with Crippen LogP contribution in [0.3, 0.4) is 0 Å². The number of β-amino-alcohol motifs (C(OH)–C–C–N with tert-alkyl or cyclic N) is 1. The minimum Gasteiger partial charge on any atom is -0.395 e. The van der Waals surface area contributed by atoms with E-state index in [9.17, 15) is 8.78 Å². The molecule has 0 radical (unpaired) electrons. The number of piperazine rings is 1. The number of nitrogens with zero attached hydrogens (tertiary/aromatic N) is 4. The van der Waals surface area contributed by atoms with Crippen LogP contribution in [0.15, 0.2) is 42.7 Å². The molecule has 28 heavy (non-hydrogen) atoms. The van der Waals surface area contributed by atoms with Crippen molar-refractivity contribution < 1.29 is 13.9 Å². The van der Waals surface area contributed by atoms with Crippen LogP contribution in [0.4, 0.5) is 14.6 Å². The van der Waals surface area contributed by atoms with Gasteiger partial charge in [-0.05, 0) is 30.3 Å². The minimum absolute atomic E-state index is 0.173. The molecule has 0 saturated carbocycles. The Labute approximate surface area is 161 Å². The Balaban J connectivity index is 1.52. The van der Waals surface area contributed by atoms with Crippen LogP contribution >= 0.6 is 0 Å². The van der Waals surface area contributed by atoms with Crippen LogP contribution < -0.4 is 4.90 Å². The molecule has 3 aromatic rings. The first-order valence-corrected chi connectivity index (χ1v) is 9.19. The van der Waals surface area contributed by atoms with Crippen LogP contribution in [0, 0.1) is 11.6 Å². The van der Waals surface area contributed by atoms with E-state index in [1.54, 1.807) is 12.4 Å². The Morgan fingerprint density at radius 2 is 1.79 bits per heavy atom. The lowest BCUT2D eigenvalue weighted by molar-refractivity contribution is 0.188. The van der Waals surface area contributed by atoms with Gasteiger partial charge >= 0.3 is 0 Å². The van der Waals surface area contributed by atoms with Crippen molar-refractivity contribution in [3.63, 3.8) is 0 Å². The maximum Gasteiger partial charge on any atom is 0.159 e. The summed E-state index contributed by atoms with van der Waals surface area (Å²) >= 11 is 0. The predicted octanol–water partition coefficient (Wildman–Crippen LogP) is 2.53. The summed E-state index contributed by atoms with van der Waals surface area (Å²) in [5.74, 6) is -0.254. The molecular formula is C20H21F2N5O. The zero-order valence-corrected chi connectivity index (χ0v) is 15.3. The molecule has 0 spiro atoms. The van der Waals surface area contributed by atoms with Crippen LogP contribution in [0.25, 0.3) is 22.6 Å². The number of benzene rings is 1. The van der Waals surface area contributed by atoms with Gasteiger partial charge in [-0.2, -0.15) is 0 Å². The van der Waals surface area contributed by atoms with E-state index >= 15 is 0 Å². The monoisotopic (exact) mass is 385 g/mol. The molecular weight excluding hydrogens is 364 g/mol. The van der Waals surface area contributed by atoms with Gasteiger partial charge in [-0.25, -0.2) is 18.7 Å². The van der Waals surface area contributed by atoms with E-state index in [1.807, 2.05) is 12.1 Å². The number of rotatable bonds is 5. The van der Waals surface area contributed by atoms with E-state index in [2.05, 4.69) is 24.8 Å². The number of hydrogen-bond acceptors (Lipinski definition) is 5. The third-order valence-electron chi connectivity index (χ3n) is 4.94. The quantitative estimate of drug-likeness (QED) is 0.707. The molecule has 4 rings (SSSR count). The number of nitrogens with one attached hydrogen (secondary N) is 1. The third-order valence-corrected chi connectivity index (χ3v) is 4.94. The number of hydrogen-bond donors (Lipinski definition) is 2. The van der Waals surface area contributed by atoms with E-state index in [0.29, 0.717) is 23.6 Å². The SMILES string of the molecule is OCCN1CCN(c2cc(-c3ncc(-c4ccc(F)c(F)c4)[nH]3)ccn2)CC1. The predicted molar refractivity (Wildman–Crippen MR) is 103 cm³/mol. The molecule has 1 fully saturated rings. The molecule has 6 nitrogen and oxygen atoms in total. The fraction of sp³-hybridized carbons (Fsp3) is 0.300. The molecule has 146 valence electrons. The van der Waals surface area contributed by atoms with Gasteiger partial charge in [0.05, 0.1) is 18.5 Å². The lowest BCUT2D eigenvalue weighted by atomic mass is 10.1. The standard InChI is InChI=1S/C20H21F2N5O/c21-16-2-1-14(11-17(16)22)18-13-24-20(25-18)15-3-4-23-19(12-15)27-7-5-26(6-8-27)9-10-28/h1-4,11-13,28H,5-10H2,(H,24,25). The minimum atomic E-state index is -0.889. The van der Waals surface area contributed by atoms with Crippen molar-refractivity contribution in [2.75, 3.05) is 44.2 Å². The summed E-state index contributed by atoms with van der Waals surface area (Å²) in [5.41, 5.74) is 2.02. The van der Waals surface area contributed by atoms with Gasteiger partial charge in [-0.3, -0.25) is 4.90 Å². The zero-order valence-electron chi connectivity index (χ0n) is 15.3. The molecule has 1 aliphatic rings. The third kappa shape index (κ3) is 3.88. The van der Waals surface area contributed by atoms with Gasteiger partial charge in [0.2, 0.25) is 0 Å². The lowest BCUT2D eigenvalue weighted by Crippen LogP contribution is -2.47. The molecule has 2 N–H and O–H groups in total. The number of pyridine rings is 1. The number of aliphatic hydroxyl groups is 1. The number of aromatic nitrogens is 3. The molecule has 1 saturated heterocycles. The Hall–Kier alpha value is -2.84. The Bertz CT molecular complexity index is 953. The fourth-order valence-corrected chi connectivity index (χ4v) is 3.36. The summed E-state index contributed by atoms with van der Waals surface area (Å²) in [6.45, 7) is 4.32. The number of anilines is 1. The van der Waals surface area contributed by atoms with Crippen LogP contribution in [-0.2, 0) is 0 Å².